The lowest BCUT2D eigenvalue weighted by Gasteiger charge is -2.37. The molecule has 4 rings (SSSR count). The summed E-state index contributed by atoms with van der Waals surface area (Å²) in [5.41, 5.74) is 3.54. The van der Waals surface area contributed by atoms with Crippen LogP contribution in [0.1, 0.15) is 76.8 Å². The van der Waals surface area contributed by atoms with Crippen LogP contribution in [0.15, 0.2) is 71.9 Å². The Bertz CT molecular complexity index is 1350. The van der Waals surface area contributed by atoms with E-state index in [4.69, 9.17) is 0 Å². The van der Waals surface area contributed by atoms with Crippen molar-refractivity contribution < 1.29 is 18.1 Å². The third-order valence-corrected chi connectivity index (χ3v) is 9.93. The summed E-state index contributed by atoms with van der Waals surface area (Å²) in [5.74, 6) is -0.542. The van der Waals surface area contributed by atoms with E-state index in [2.05, 4.69) is 26.1 Å². The SMILES string of the molecule is CCCC.CCCCC1(C)CS(=O)(=O)c2ccc(N(C)C)cc2[C@@H](c2cccc(Nc3cc[n+](C)cc3)c2)[C@H]1O. The molecule has 218 valence electrons. The van der Waals surface area contributed by atoms with Gasteiger partial charge in [-0.3, -0.25) is 0 Å². The molecule has 1 aliphatic heterocycles. The number of hydrogen-bond acceptors (Lipinski definition) is 5. The molecule has 3 atom stereocenters. The summed E-state index contributed by atoms with van der Waals surface area (Å²) in [6, 6.07) is 17.5. The summed E-state index contributed by atoms with van der Waals surface area (Å²) >= 11 is 0. The number of aliphatic hydroxyl groups is 1. The average molecular weight is 567 g/mol. The lowest BCUT2D eigenvalue weighted by molar-refractivity contribution is -0.671. The van der Waals surface area contributed by atoms with Gasteiger partial charge in [0, 0.05) is 48.9 Å². The molecule has 0 saturated heterocycles. The van der Waals surface area contributed by atoms with Crippen LogP contribution in [-0.2, 0) is 16.9 Å². The van der Waals surface area contributed by atoms with Gasteiger partial charge in [0.1, 0.15) is 7.05 Å². The third kappa shape index (κ3) is 7.43. The number of nitrogens with one attached hydrogen (secondary N) is 1. The van der Waals surface area contributed by atoms with Crippen LogP contribution >= 0.6 is 0 Å². The van der Waals surface area contributed by atoms with Gasteiger partial charge >= 0.3 is 0 Å². The Morgan fingerprint density at radius 1 is 0.975 bits per heavy atom. The summed E-state index contributed by atoms with van der Waals surface area (Å²) in [6.45, 7) is 8.39. The largest absolute Gasteiger partial charge is 0.392 e. The van der Waals surface area contributed by atoms with E-state index < -0.39 is 27.3 Å². The molecule has 0 amide bonds. The lowest BCUT2D eigenvalue weighted by Crippen LogP contribution is -2.40. The molecule has 0 spiro atoms. The van der Waals surface area contributed by atoms with Crippen LogP contribution in [0.2, 0.25) is 0 Å². The number of aromatic nitrogens is 1. The van der Waals surface area contributed by atoms with Crippen LogP contribution in [0, 0.1) is 5.41 Å². The van der Waals surface area contributed by atoms with Gasteiger partial charge in [0.05, 0.1) is 22.4 Å². The molecule has 0 aliphatic carbocycles. The van der Waals surface area contributed by atoms with Crippen molar-refractivity contribution in [2.45, 2.75) is 76.7 Å². The van der Waals surface area contributed by atoms with Gasteiger partial charge in [-0.25, -0.2) is 13.0 Å². The maximum atomic E-state index is 13.7. The van der Waals surface area contributed by atoms with Crippen molar-refractivity contribution in [2.24, 2.45) is 12.5 Å². The van der Waals surface area contributed by atoms with Crippen LogP contribution in [0.5, 0.6) is 0 Å². The van der Waals surface area contributed by atoms with Crippen LogP contribution in [0.3, 0.4) is 0 Å². The van der Waals surface area contributed by atoms with E-state index in [0.29, 0.717) is 16.9 Å². The first-order chi connectivity index (χ1) is 19.0. The molecule has 1 unspecified atom stereocenters. The molecule has 0 saturated carbocycles. The first-order valence-electron chi connectivity index (χ1n) is 14.5. The number of aliphatic hydroxyl groups excluding tert-OH is 1. The fourth-order valence-electron chi connectivity index (χ4n) is 5.23. The van der Waals surface area contributed by atoms with E-state index in [0.717, 1.165) is 35.5 Å². The zero-order chi connectivity index (χ0) is 29.5. The van der Waals surface area contributed by atoms with Crippen molar-refractivity contribution >= 4 is 26.9 Å². The van der Waals surface area contributed by atoms with Crippen molar-refractivity contribution in [3.05, 3.63) is 78.1 Å². The molecular formula is C33H48N3O3S+. The number of sulfone groups is 1. The Kier molecular flexibility index (Phi) is 10.8. The minimum absolute atomic E-state index is 0.0645. The number of anilines is 3. The standard InChI is InChI=1S/C29H37N3O3S.C4H10/c1-6-7-15-29(2)20-36(34,35)26-12-11-24(31(3)4)19-25(26)27(28(29)33)21-9-8-10-23(18-21)30-22-13-16-32(5)17-14-22;1-3-4-2/h8-14,16-19,27-28,33H,6-7,15,20H2,1-5H3;3-4H2,1-2H3/p+1/t27-,28-,29?;/m1./s1. The van der Waals surface area contributed by atoms with Crippen molar-refractivity contribution in [2.75, 3.05) is 30.1 Å². The summed E-state index contributed by atoms with van der Waals surface area (Å²) in [5, 5.41) is 15.4. The van der Waals surface area contributed by atoms with E-state index in [-0.39, 0.29) is 5.75 Å². The maximum absolute atomic E-state index is 13.7. The zero-order valence-corrected chi connectivity index (χ0v) is 26.1. The zero-order valence-electron chi connectivity index (χ0n) is 25.3. The van der Waals surface area contributed by atoms with Gasteiger partial charge in [-0.1, -0.05) is 65.5 Å². The molecule has 3 aromatic rings. The highest BCUT2D eigenvalue weighted by Gasteiger charge is 2.47. The molecule has 0 radical (unpaired) electrons. The smallest absolute Gasteiger partial charge is 0.179 e. The van der Waals surface area contributed by atoms with Gasteiger partial charge in [0.2, 0.25) is 0 Å². The van der Waals surface area contributed by atoms with Crippen LogP contribution in [0.4, 0.5) is 17.1 Å². The minimum atomic E-state index is -3.59. The molecular weight excluding hydrogens is 518 g/mol. The van der Waals surface area contributed by atoms with Gasteiger partial charge in [-0.05, 0) is 47.9 Å². The highest BCUT2D eigenvalue weighted by molar-refractivity contribution is 7.91. The lowest BCUT2D eigenvalue weighted by atomic mass is 9.71. The number of nitrogens with zero attached hydrogens (tertiary/aromatic N) is 2. The molecule has 2 heterocycles. The Balaban J connectivity index is 0.00000103. The van der Waals surface area contributed by atoms with E-state index in [1.807, 2.05) is 98.5 Å². The number of unbranched alkanes of at least 4 members (excludes halogenated alkanes) is 2. The predicted octanol–water partition coefficient (Wildman–Crippen LogP) is 6.60. The molecule has 2 aromatic carbocycles. The molecule has 2 N–H and O–H groups in total. The molecule has 6 nitrogen and oxygen atoms in total. The number of hydrogen-bond donors (Lipinski definition) is 2. The van der Waals surface area contributed by atoms with E-state index in [1.165, 1.54) is 12.8 Å². The first kappa shape index (κ1) is 31.6. The van der Waals surface area contributed by atoms with Gasteiger partial charge in [-0.2, -0.15) is 0 Å². The molecule has 1 aliphatic rings. The average Bonchev–Trinajstić information content (AvgIpc) is 2.99. The van der Waals surface area contributed by atoms with Crippen molar-refractivity contribution in [1.82, 2.24) is 0 Å². The molecule has 0 fully saturated rings. The monoisotopic (exact) mass is 566 g/mol. The van der Waals surface area contributed by atoms with E-state index in [9.17, 15) is 13.5 Å². The number of pyridine rings is 1. The second-order valence-electron chi connectivity index (χ2n) is 11.6. The van der Waals surface area contributed by atoms with Gasteiger partial charge < -0.3 is 15.3 Å². The summed E-state index contributed by atoms with van der Waals surface area (Å²) in [7, 11) is 2.26. The summed E-state index contributed by atoms with van der Waals surface area (Å²) in [6.07, 6.45) is 8.19. The fraction of sp³-hybridized carbons (Fsp3) is 0.485. The summed E-state index contributed by atoms with van der Waals surface area (Å²) in [4.78, 5) is 2.29. The van der Waals surface area contributed by atoms with Crippen LogP contribution in [0.25, 0.3) is 0 Å². The second kappa shape index (κ2) is 13.6. The first-order valence-corrected chi connectivity index (χ1v) is 16.1. The normalized spacial score (nSPS) is 21.4. The number of benzene rings is 2. The Morgan fingerprint density at radius 2 is 1.65 bits per heavy atom. The molecule has 0 bridgehead atoms. The van der Waals surface area contributed by atoms with Crippen molar-refractivity contribution in [3.63, 3.8) is 0 Å². The van der Waals surface area contributed by atoms with E-state index in [1.54, 1.807) is 6.07 Å². The Morgan fingerprint density at radius 3 is 2.25 bits per heavy atom. The minimum Gasteiger partial charge on any atom is -0.392 e. The quantitative estimate of drug-likeness (QED) is 0.301. The number of fused-ring (bicyclic) bond motifs is 1. The van der Waals surface area contributed by atoms with E-state index >= 15 is 0 Å². The van der Waals surface area contributed by atoms with Gasteiger partial charge in [0.25, 0.3) is 0 Å². The fourth-order valence-corrected chi connectivity index (χ4v) is 7.39. The van der Waals surface area contributed by atoms with Gasteiger partial charge in [-0.15, -0.1) is 0 Å². The number of aryl methyl sites for hydroxylation is 1. The Labute approximate surface area is 242 Å². The Hall–Kier alpha value is -2.90. The van der Waals surface area contributed by atoms with Crippen LogP contribution in [-0.4, -0.2) is 39.5 Å². The van der Waals surface area contributed by atoms with Crippen molar-refractivity contribution in [3.8, 4) is 0 Å². The molecule has 7 heteroatoms. The molecule has 1 aromatic heterocycles. The highest BCUT2D eigenvalue weighted by atomic mass is 32.2. The topological polar surface area (TPSA) is 73.5 Å². The maximum Gasteiger partial charge on any atom is 0.179 e. The predicted molar refractivity (Wildman–Crippen MR) is 166 cm³/mol. The van der Waals surface area contributed by atoms with Crippen LogP contribution < -0.4 is 14.8 Å². The number of rotatable bonds is 8. The molecule has 40 heavy (non-hydrogen) atoms. The van der Waals surface area contributed by atoms with Crippen molar-refractivity contribution in [1.29, 1.82) is 0 Å². The summed E-state index contributed by atoms with van der Waals surface area (Å²) < 4.78 is 29.3. The highest BCUT2D eigenvalue weighted by Crippen LogP contribution is 2.48. The van der Waals surface area contributed by atoms with Gasteiger partial charge in [0.15, 0.2) is 22.2 Å². The second-order valence-corrected chi connectivity index (χ2v) is 13.5. The third-order valence-electron chi connectivity index (χ3n) is 7.84.